The number of ether oxygens (including phenoxy) is 1. The van der Waals surface area contributed by atoms with Crippen LogP contribution in [0.1, 0.15) is 30.0 Å². The normalized spacial score (nSPS) is 14.4. The fourth-order valence-electron chi connectivity index (χ4n) is 3.58. The van der Waals surface area contributed by atoms with E-state index in [0.717, 1.165) is 19.4 Å². The molecule has 3 rings (SSSR count). The van der Waals surface area contributed by atoms with Gasteiger partial charge in [-0.05, 0) is 42.0 Å². The topological polar surface area (TPSA) is 12.5 Å². The summed E-state index contributed by atoms with van der Waals surface area (Å²) in [5.74, 6) is 0. The summed E-state index contributed by atoms with van der Waals surface area (Å²) >= 11 is 0. The maximum Gasteiger partial charge on any atom is 0.0656 e. The fraction of sp³-hybridized carbons (Fsp3) is 0.304. The van der Waals surface area contributed by atoms with Crippen molar-refractivity contribution in [1.29, 1.82) is 0 Å². The molecule has 2 aromatic carbocycles. The van der Waals surface area contributed by atoms with Crippen LogP contribution >= 0.6 is 0 Å². The van der Waals surface area contributed by atoms with Crippen LogP contribution < -0.4 is 0 Å². The van der Waals surface area contributed by atoms with Gasteiger partial charge in [-0.3, -0.25) is 0 Å². The second kappa shape index (κ2) is 8.17. The van der Waals surface area contributed by atoms with Crippen molar-refractivity contribution < 1.29 is 4.74 Å². The molecular weight excluding hydrogens is 306 g/mol. The van der Waals surface area contributed by atoms with Crippen molar-refractivity contribution in [1.82, 2.24) is 4.90 Å². The number of allylic oxidation sites excluding steroid dienone is 2. The Kier molecular flexibility index (Phi) is 5.72. The van der Waals surface area contributed by atoms with Crippen LogP contribution in [0.15, 0.2) is 66.2 Å². The summed E-state index contributed by atoms with van der Waals surface area (Å²) < 4.78 is 5.63. The Hall–Kier alpha value is -2.32. The van der Waals surface area contributed by atoms with E-state index in [4.69, 9.17) is 4.74 Å². The maximum atomic E-state index is 5.63. The Labute approximate surface area is 151 Å². The highest BCUT2D eigenvalue weighted by Gasteiger charge is 2.23. The lowest BCUT2D eigenvalue weighted by molar-refractivity contribution is 0.178. The van der Waals surface area contributed by atoms with Gasteiger partial charge in [0, 0.05) is 32.0 Å². The van der Waals surface area contributed by atoms with Crippen LogP contribution in [-0.4, -0.2) is 32.2 Å². The second-order valence-electron chi connectivity index (χ2n) is 6.52. The Morgan fingerprint density at radius 2 is 1.72 bits per heavy atom. The van der Waals surface area contributed by atoms with Crippen LogP contribution in [-0.2, 0) is 11.2 Å². The lowest BCUT2D eigenvalue weighted by Crippen LogP contribution is -2.18. The quantitative estimate of drug-likeness (QED) is 0.688. The van der Waals surface area contributed by atoms with E-state index in [-0.39, 0.29) is 0 Å². The zero-order chi connectivity index (χ0) is 17.6. The van der Waals surface area contributed by atoms with Crippen molar-refractivity contribution in [2.75, 3.05) is 27.3 Å². The Balaban J connectivity index is 2.14. The smallest absolute Gasteiger partial charge is 0.0656 e. The zero-order valence-electron chi connectivity index (χ0n) is 15.5. The molecule has 2 nitrogen and oxygen atoms in total. The second-order valence-corrected chi connectivity index (χ2v) is 6.52. The third-order valence-corrected chi connectivity index (χ3v) is 4.67. The van der Waals surface area contributed by atoms with E-state index in [2.05, 4.69) is 79.7 Å². The maximum absolute atomic E-state index is 5.63. The zero-order valence-corrected chi connectivity index (χ0v) is 15.5. The number of aryl methyl sites for hydroxylation is 1. The molecule has 0 heterocycles. The van der Waals surface area contributed by atoms with E-state index in [0.29, 0.717) is 6.61 Å². The van der Waals surface area contributed by atoms with Crippen LogP contribution in [0.3, 0.4) is 0 Å². The first-order valence-electron chi connectivity index (χ1n) is 9.04. The van der Waals surface area contributed by atoms with Crippen LogP contribution in [0.5, 0.6) is 0 Å². The number of rotatable bonds is 6. The molecule has 130 valence electrons. The predicted molar refractivity (Wildman–Crippen MR) is 106 cm³/mol. The molecule has 0 amide bonds. The van der Waals surface area contributed by atoms with Crippen molar-refractivity contribution in [2.24, 2.45) is 0 Å². The van der Waals surface area contributed by atoms with Gasteiger partial charge in [0.1, 0.15) is 0 Å². The van der Waals surface area contributed by atoms with E-state index in [1.54, 1.807) is 0 Å². The fourth-order valence-corrected chi connectivity index (χ4v) is 3.58. The lowest BCUT2D eigenvalue weighted by atomic mass is 9.83. The third kappa shape index (κ3) is 3.85. The summed E-state index contributed by atoms with van der Waals surface area (Å²) in [7, 11) is 4.28. The van der Waals surface area contributed by atoms with Gasteiger partial charge in [0.05, 0.1) is 6.61 Å². The first kappa shape index (κ1) is 17.5. The summed E-state index contributed by atoms with van der Waals surface area (Å²) in [6.07, 6.45) is 4.38. The summed E-state index contributed by atoms with van der Waals surface area (Å²) in [4.78, 5) is 2.25. The van der Waals surface area contributed by atoms with Gasteiger partial charge < -0.3 is 9.64 Å². The SMILES string of the molecule is CCOC/C=C(\C1=C(N(C)C)c2ccccc2CC1)c1ccccc1. The first-order valence-corrected chi connectivity index (χ1v) is 9.04. The van der Waals surface area contributed by atoms with Gasteiger partial charge in [-0.25, -0.2) is 0 Å². The van der Waals surface area contributed by atoms with Crippen LogP contribution in [0.4, 0.5) is 0 Å². The molecule has 0 spiro atoms. The average molecular weight is 333 g/mol. The molecule has 2 aromatic rings. The van der Waals surface area contributed by atoms with Gasteiger partial charge >= 0.3 is 0 Å². The molecule has 0 atom stereocenters. The molecule has 0 radical (unpaired) electrons. The van der Waals surface area contributed by atoms with Crippen molar-refractivity contribution in [2.45, 2.75) is 19.8 Å². The Morgan fingerprint density at radius 3 is 2.44 bits per heavy atom. The number of hydrogen-bond acceptors (Lipinski definition) is 2. The van der Waals surface area contributed by atoms with E-state index >= 15 is 0 Å². The first-order chi connectivity index (χ1) is 12.2. The Morgan fingerprint density at radius 1 is 1.00 bits per heavy atom. The minimum Gasteiger partial charge on any atom is -0.378 e. The van der Waals surface area contributed by atoms with E-state index in [1.807, 2.05) is 6.92 Å². The number of benzene rings is 2. The highest BCUT2D eigenvalue weighted by molar-refractivity contribution is 5.90. The molecule has 0 fully saturated rings. The molecule has 0 bridgehead atoms. The molecule has 0 aromatic heterocycles. The van der Waals surface area contributed by atoms with Gasteiger partial charge in [-0.2, -0.15) is 0 Å². The van der Waals surface area contributed by atoms with Gasteiger partial charge in [-0.15, -0.1) is 0 Å². The molecule has 0 saturated carbocycles. The molecule has 0 unspecified atom stereocenters. The molecule has 2 heteroatoms. The molecular formula is C23H27NO. The van der Waals surface area contributed by atoms with Gasteiger partial charge in [-0.1, -0.05) is 60.7 Å². The van der Waals surface area contributed by atoms with Gasteiger partial charge in [0.25, 0.3) is 0 Å². The Bertz CT molecular complexity index is 772. The van der Waals surface area contributed by atoms with Crippen LogP contribution in [0.25, 0.3) is 11.3 Å². The van der Waals surface area contributed by atoms with Crippen molar-refractivity contribution in [3.05, 3.63) is 82.9 Å². The third-order valence-electron chi connectivity index (χ3n) is 4.67. The minimum absolute atomic E-state index is 0.645. The van der Waals surface area contributed by atoms with Crippen molar-refractivity contribution >= 4 is 11.3 Å². The van der Waals surface area contributed by atoms with Crippen LogP contribution in [0.2, 0.25) is 0 Å². The highest BCUT2D eigenvalue weighted by atomic mass is 16.5. The van der Waals surface area contributed by atoms with E-state index in [1.165, 1.54) is 33.5 Å². The molecule has 0 N–H and O–H groups in total. The highest BCUT2D eigenvalue weighted by Crippen LogP contribution is 2.39. The minimum atomic E-state index is 0.645. The molecule has 1 aliphatic carbocycles. The number of fused-ring (bicyclic) bond motifs is 1. The van der Waals surface area contributed by atoms with E-state index < -0.39 is 0 Å². The lowest BCUT2D eigenvalue weighted by Gasteiger charge is -2.30. The standard InChI is InChI=1S/C23H27NO/c1-4-25-17-16-20(18-10-6-5-7-11-18)22-15-14-19-12-8-9-13-21(19)23(22)24(2)3/h5-13,16H,4,14-15,17H2,1-3H3/b20-16-. The summed E-state index contributed by atoms with van der Waals surface area (Å²) in [5.41, 5.74) is 8.09. The van der Waals surface area contributed by atoms with E-state index in [9.17, 15) is 0 Å². The van der Waals surface area contributed by atoms with Crippen molar-refractivity contribution in [3.8, 4) is 0 Å². The van der Waals surface area contributed by atoms with Crippen LogP contribution in [0, 0.1) is 0 Å². The number of nitrogens with zero attached hydrogens (tertiary/aromatic N) is 1. The summed E-state index contributed by atoms with van der Waals surface area (Å²) in [6, 6.07) is 19.4. The van der Waals surface area contributed by atoms with Gasteiger partial charge in [0.2, 0.25) is 0 Å². The van der Waals surface area contributed by atoms with Gasteiger partial charge in [0.15, 0.2) is 0 Å². The summed E-state index contributed by atoms with van der Waals surface area (Å²) in [5, 5.41) is 0. The molecule has 0 aliphatic heterocycles. The van der Waals surface area contributed by atoms with Crippen molar-refractivity contribution in [3.63, 3.8) is 0 Å². The predicted octanol–water partition coefficient (Wildman–Crippen LogP) is 5.03. The molecule has 0 saturated heterocycles. The number of hydrogen-bond donors (Lipinski definition) is 0. The molecule has 1 aliphatic rings. The largest absolute Gasteiger partial charge is 0.378 e. The monoisotopic (exact) mass is 333 g/mol. The summed E-state index contributed by atoms with van der Waals surface area (Å²) in [6.45, 7) is 3.42. The average Bonchev–Trinajstić information content (AvgIpc) is 2.65. The molecule has 25 heavy (non-hydrogen) atoms.